The van der Waals surface area contributed by atoms with Gasteiger partial charge in [0.15, 0.2) is 0 Å². The molecule has 0 aliphatic heterocycles. The van der Waals surface area contributed by atoms with E-state index in [1.807, 2.05) is 0 Å². The summed E-state index contributed by atoms with van der Waals surface area (Å²) >= 11 is 0. The van der Waals surface area contributed by atoms with Gasteiger partial charge in [0.1, 0.15) is 0 Å². The van der Waals surface area contributed by atoms with Crippen molar-refractivity contribution in [2.24, 2.45) is 11.8 Å². The van der Waals surface area contributed by atoms with E-state index in [0.29, 0.717) is 17.9 Å². The van der Waals surface area contributed by atoms with Crippen molar-refractivity contribution in [3.63, 3.8) is 0 Å². The standard InChI is InChI=1S/C12H20N2O2/c1-7(15)12(16)13-10-6-8-4-5-9(10)11(8)14(2)3/h8-11H,4-6H2,1-3H3,(H,13,16). The fourth-order valence-corrected chi connectivity index (χ4v) is 3.54. The van der Waals surface area contributed by atoms with Gasteiger partial charge < -0.3 is 10.2 Å². The molecule has 0 heterocycles. The summed E-state index contributed by atoms with van der Waals surface area (Å²) in [5.41, 5.74) is 0. The first-order valence-corrected chi connectivity index (χ1v) is 5.98. The van der Waals surface area contributed by atoms with Gasteiger partial charge in [0.25, 0.3) is 5.91 Å². The molecule has 1 amide bonds. The first-order valence-electron chi connectivity index (χ1n) is 5.98. The molecule has 0 aromatic rings. The van der Waals surface area contributed by atoms with Crippen LogP contribution in [0.5, 0.6) is 0 Å². The Morgan fingerprint density at radius 3 is 2.44 bits per heavy atom. The summed E-state index contributed by atoms with van der Waals surface area (Å²) in [5.74, 6) is 0.416. The molecule has 4 atom stereocenters. The first kappa shape index (κ1) is 11.6. The summed E-state index contributed by atoms with van der Waals surface area (Å²) in [5, 5.41) is 2.88. The average molecular weight is 224 g/mol. The van der Waals surface area contributed by atoms with Crippen molar-refractivity contribution in [3.8, 4) is 0 Å². The molecule has 0 saturated heterocycles. The minimum absolute atomic E-state index is 0.211. The zero-order valence-electron chi connectivity index (χ0n) is 10.2. The van der Waals surface area contributed by atoms with Crippen LogP contribution in [0.4, 0.5) is 0 Å². The molecule has 2 aliphatic rings. The van der Waals surface area contributed by atoms with Gasteiger partial charge in [-0.2, -0.15) is 0 Å². The van der Waals surface area contributed by atoms with E-state index < -0.39 is 5.91 Å². The third-order valence-electron chi connectivity index (χ3n) is 4.10. The fourth-order valence-electron chi connectivity index (χ4n) is 3.54. The molecular formula is C12H20N2O2. The number of rotatable bonds is 3. The van der Waals surface area contributed by atoms with Crippen LogP contribution in [0, 0.1) is 11.8 Å². The van der Waals surface area contributed by atoms with Gasteiger partial charge in [-0.05, 0) is 45.2 Å². The van der Waals surface area contributed by atoms with Crippen molar-refractivity contribution in [1.82, 2.24) is 10.2 Å². The maximum atomic E-state index is 11.4. The molecule has 0 aromatic carbocycles. The minimum atomic E-state index is -0.421. The van der Waals surface area contributed by atoms with Crippen LogP contribution in [-0.4, -0.2) is 42.8 Å². The van der Waals surface area contributed by atoms with Crippen molar-refractivity contribution < 1.29 is 9.59 Å². The summed E-state index contributed by atoms with van der Waals surface area (Å²) in [6.07, 6.45) is 3.48. The Bertz CT molecular complexity index is 314. The number of nitrogens with zero attached hydrogens (tertiary/aromatic N) is 1. The third-order valence-corrected chi connectivity index (χ3v) is 4.10. The van der Waals surface area contributed by atoms with Gasteiger partial charge in [0.2, 0.25) is 5.78 Å². The molecule has 16 heavy (non-hydrogen) atoms. The summed E-state index contributed by atoms with van der Waals surface area (Å²) in [4.78, 5) is 24.6. The minimum Gasteiger partial charge on any atom is -0.346 e. The molecule has 2 fully saturated rings. The Balaban J connectivity index is 2.00. The SMILES string of the molecule is CC(=O)C(=O)NC1CC2CCC1C2N(C)C. The largest absolute Gasteiger partial charge is 0.346 e. The van der Waals surface area contributed by atoms with E-state index in [9.17, 15) is 9.59 Å². The number of Topliss-reactive ketones (excluding diaryl/α,β-unsaturated/α-hetero) is 1. The number of fused-ring (bicyclic) bond motifs is 2. The van der Waals surface area contributed by atoms with E-state index in [1.54, 1.807) is 0 Å². The maximum Gasteiger partial charge on any atom is 0.287 e. The second-order valence-corrected chi connectivity index (χ2v) is 5.33. The monoisotopic (exact) mass is 224 g/mol. The number of carbonyl (C=O) groups excluding carboxylic acids is 2. The van der Waals surface area contributed by atoms with Crippen LogP contribution in [-0.2, 0) is 9.59 Å². The highest BCUT2D eigenvalue weighted by atomic mass is 16.2. The van der Waals surface area contributed by atoms with Crippen molar-refractivity contribution in [3.05, 3.63) is 0 Å². The van der Waals surface area contributed by atoms with E-state index in [2.05, 4.69) is 24.3 Å². The van der Waals surface area contributed by atoms with Crippen LogP contribution in [0.2, 0.25) is 0 Å². The predicted molar refractivity (Wildman–Crippen MR) is 60.9 cm³/mol. The van der Waals surface area contributed by atoms with Gasteiger partial charge in [-0.3, -0.25) is 9.59 Å². The highest BCUT2D eigenvalue weighted by molar-refractivity contribution is 6.35. The number of carbonyl (C=O) groups is 2. The van der Waals surface area contributed by atoms with Crippen molar-refractivity contribution in [2.75, 3.05) is 14.1 Å². The lowest BCUT2D eigenvalue weighted by Gasteiger charge is -2.26. The maximum absolute atomic E-state index is 11.4. The fraction of sp³-hybridized carbons (Fsp3) is 0.833. The average Bonchev–Trinajstić information content (AvgIpc) is 2.73. The Morgan fingerprint density at radius 1 is 1.25 bits per heavy atom. The van der Waals surface area contributed by atoms with E-state index in [-0.39, 0.29) is 11.8 Å². The topological polar surface area (TPSA) is 49.4 Å². The Kier molecular flexibility index (Phi) is 3.02. The van der Waals surface area contributed by atoms with Crippen LogP contribution < -0.4 is 5.32 Å². The molecule has 90 valence electrons. The van der Waals surface area contributed by atoms with E-state index in [0.717, 1.165) is 6.42 Å². The number of amides is 1. The molecule has 4 nitrogen and oxygen atoms in total. The number of hydrogen-bond acceptors (Lipinski definition) is 3. The summed E-state index contributed by atoms with van der Waals surface area (Å²) < 4.78 is 0. The zero-order chi connectivity index (χ0) is 11.9. The molecule has 0 aromatic heterocycles. The van der Waals surface area contributed by atoms with Gasteiger partial charge in [0, 0.05) is 19.0 Å². The van der Waals surface area contributed by atoms with Gasteiger partial charge in [-0.25, -0.2) is 0 Å². The summed E-state index contributed by atoms with van der Waals surface area (Å²) in [7, 11) is 4.20. The molecule has 1 N–H and O–H groups in total. The Morgan fingerprint density at radius 2 is 1.94 bits per heavy atom. The molecule has 2 aliphatic carbocycles. The van der Waals surface area contributed by atoms with Crippen LogP contribution in [0.1, 0.15) is 26.2 Å². The number of ketones is 1. The zero-order valence-corrected chi connectivity index (χ0v) is 10.2. The summed E-state index contributed by atoms with van der Waals surface area (Å²) in [6.45, 7) is 1.33. The molecule has 0 radical (unpaired) electrons. The molecule has 2 bridgehead atoms. The van der Waals surface area contributed by atoms with Crippen LogP contribution >= 0.6 is 0 Å². The lowest BCUT2D eigenvalue weighted by Crippen LogP contribution is -2.43. The van der Waals surface area contributed by atoms with Crippen LogP contribution in [0.15, 0.2) is 0 Å². The van der Waals surface area contributed by atoms with Crippen molar-refractivity contribution in [2.45, 2.75) is 38.3 Å². The first-order chi connectivity index (χ1) is 7.50. The molecule has 2 saturated carbocycles. The number of hydrogen-bond donors (Lipinski definition) is 1. The van der Waals surface area contributed by atoms with Crippen LogP contribution in [0.3, 0.4) is 0 Å². The van der Waals surface area contributed by atoms with Crippen molar-refractivity contribution >= 4 is 11.7 Å². The number of nitrogens with one attached hydrogen (secondary N) is 1. The molecule has 0 spiro atoms. The van der Waals surface area contributed by atoms with E-state index >= 15 is 0 Å². The van der Waals surface area contributed by atoms with Gasteiger partial charge in [-0.15, -0.1) is 0 Å². The molecular weight excluding hydrogens is 204 g/mol. The van der Waals surface area contributed by atoms with Crippen LogP contribution in [0.25, 0.3) is 0 Å². The lowest BCUT2D eigenvalue weighted by molar-refractivity contribution is -0.137. The summed E-state index contributed by atoms with van der Waals surface area (Å²) in [6, 6.07) is 0.791. The molecule has 4 heteroatoms. The second kappa shape index (κ2) is 4.17. The van der Waals surface area contributed by atoms with Gasteiger partial charge in [-0.1, -0.05) is 0 Å². The van der Waals surface area contributed by atoms with Gasteiger partial charge in [0.05, 0.1) is 0 Å². The Labute approximate surface area is 96.4 Å². The van der Waals surface area contributed by atoms with Crippen molar-refractivity contribution in [1.29, 1.82) is 0 Å². The Hall–Kier alpha value is -0.900. The second-order valence-electron chi connectivity index (χ2n) is 5.33. The molecule has 4 unspecified atom stereocenters. The highest BCUT2D eigenvalue weighted by Crippen LogP contribution is 2.46. The quantitative estimate of drug-likeness (QED) is 0.707. The smallest absolute Gasteiger partial charge is 0.287 e. The van der Waals surface area contributed by atoms with Gasteiger partial charge >= 0.3 is 0 Å². The normalized spacial score (nSPS) is 36.8. The lowest BCUT2D eigenvalue weighted by atomic mass is 9.95. The highest BCUT2D eigenvalue weighted by Gasteiger charge is 2.49. The predicted octanol–water partition coefficient (Wildman–Crippen LogP) is 0.420. The van der Waals surface area contributed by atoms with E-state index in [1.165, 1.54) is 19.8 Å². The molecule has 2 rings (SSSR count). The third kappa shape index (κ3) is 1.86. The van der Waals surface area contributed by atoms with E-state index in [4.69, 9.17) is 0 Å².